The van der Waals surface area contributed by atoms with Crippen molar-refractivity contribution < 1.29 is 4.74 Å². The Hall–Kier alpha value is -1.99. The number of nitrogens with zero attached hydrogens (tertiary/aromatic N) is 3. The van der Waals surface area contributed by atoms with E-state index in [2.05, 4.69) is 5.10 Å². The Morgan fingerprint density at radius 2 is 2.11 bits per heavy atom. The first-order valence-corrected chi connectivity index (χ1v) is 5.73. The predicted octanol–water partition coefficient (Wildman–Crippen LogP) is 2.93. The minimum absolute atomic E-state index is 0.367. The van der Waals surface area contributed by atoms with Gasteiger partial charge in [-0.25, -0.2) is 0 Å². The van der Waals surface area contributed by atoms with Crippen molar-refractivity contribution in [3.63, 3.8) is 0 Å². The van der Waals surface area contributed by atoms with Gasteiger partial charge in [0.1, 0.15) is 11.8 Å². The first kappa shape index (κ1) is 12.5. The monoisotopic (exact) mass is 261 g/mol. The van der Waals surface area contributed by atoms with Crippen LogP contribution in [-0.2, 0) is 7.05 Å². The lowest BCUT2D eigenvalue weighted by Gasteiger charge is -2.11. The Labute approximate surface area is 110 Å². The molecule has 0 aliphatic carbocycles. The molecule has 0 saturated heterocycles. The minimum atomic E-state index is 0.367. The number of aryl methyl sites for hydroxylation is 2. The summed E-state index contributed by atoms with van der Waals surface area (Å²) < 4.78 is 6.99. The zero-order valence-electron chi connectivity index (χ0n) is 10.4. The molecule has 92 valence electrons. The SMILES string of the molecule is COc1cc(C)c(Cl)cc1-c1cc(C#N)nn1C. The molecule has 0 spiro atoms. The maximum atomic E-state index is 8.86. The van der Waals surface area contributed by atoms with Crippen LogP contribution in [0.4, 0.5) is 0 Å². The van der Waals surface area contributed by atoms with E-state index in [1.807, 2.05) is 25.1 Å². The highest BCUT2D eigenvalue weighted by atomic mass is 35.5. The number of hydrogen-bond acceptors (Lipinski definition) is 3. The number of rotatable bonds is 2. The maximum absolute atomic E-state index is 8.86. The van der Waals surface area contributed by atoms with Crippen LogP contribution in [0.3, 0.4) is 0 Å². The van der Waals surface area contributed by atoms with Crippen LogP contribution in [-0.4, -0.2) is 16.9 Å². The van der Waals surface area contributed by atoms with Gasteiger partial charge in [0, 0.05) is 23.7 Å². The molecule has 2 rings (SSSR count). The van der Waals surface area contributed by atoms with E-state index in [-0.39, 0.29) is 0 Å². The highest BCUT2D eigenvalue weighted by molar-refractivity contribution is 6.31. The van der Waals surface area contributed by atoms with Crippen molar-refractivity contribution in [1.82, 2.24) is 9.78 Å². The second kappa shape index (κ2) is 4.71. The largest absolute Gasteiger partial charge is 0.496 e. The van der Waals surface area contributed by atoms with Crippen LogP contribution in [0.1, 0.15) is 11.3 Å². The third-order valence-corrected chi connectivity index (χ3v) is 3.16. The first-order valence-electron chi connectivity index (χ1n) is 5.35. The fourth-order valence-electron chi connectivity index (χ4n) is 1.80. The van der Waals surface area contributed by atoms with E-state index in [9.17, 15) is 0 Å². The smallest absolute Gasteiger partial charge is 0.163 e. The molecular weight excluding hydrogens is 250 g/mol. The molecule has 0 amide bonds. The Bertz CT molecular complexity index is 640. The van der Waals surface area contributed by atoms with Gasteiger partial charge < -0.3 is 4.74 Å². The number of ether oxygens (including phenoxy) is 1. The molecule has 4 nitrogen and oxygen atoms in total. The van der Waals surface area contributed by atoms with Crippen LogP contribution >= 0.6 is 11.6 Å². The number of benzene rings is 1. The van der Waals surface area contributed by atoms with Gasteiger partial charge in [-0.2, -0.15) is 10.4 Å². The summed E-state index contributed by atoms with van der Waals surface area (Å²) in [4.78, 5) is 0. The number of methoxy groups -OCH3 is 1. The molecule has 18 heavy (non-hydrogen) atoms. The van der Waals surface area contributed by atoms with Gasteiger partial charge in [0.05, 0.1) is 12.8 Å². The van der Waals surface area contributed by atoms with Crippen molar-refractivity contribution in [2.45, 2.75) is 6.92 Å². The Balaban J connectivity index is 2.66. The second-order valence-electron chi connectivity index (χ2n) is 3.95. The fraction of sp³-hybridized carbons (Fsp3) is 0.231. The third-order valence-electron chi connectivity index (χ3n) is 2.75. The van der Waals surface area contributed by atoms with E-state index in [1.165, 1.54) is 0 Å². The van der Waals surface area contributed by atoms with Gasteiger partial charge in [-0.15, -0.1) is 0 Å². The van der Waals surface area contributed by atoms with Gasteiger partial charge in [0.15, 0.2) is 5.69 Å². The van der Waals surface area contributed by atoms with Crippen molar-refractivity contribution in [1.29, 1.82) is 5.26 Å². The summed E-state index contributed by atoms with van der Waals surface area (Å²) >= 11 is 6.14. The summed E-state index contributed by atoms with van der Waals surface area (Å²) in [6.45, 7) is 1.92. The molecule has 1 aromatic heterocycles. The molecule has 0 aliphatic rings. The molecule has 0 atom stereocenters. The molecule has 0 aliphatic heterocycles. The quantitative estimate of drug-likeness (QED) is 0.835. The predicted molar refractivity (Wildman–Crippen MR) is 69.7 cm³/mol. The van der Waals surface area contributed by atoms with Crippen LogP contribution in [0.2, 0.25) is 5.02 Å². The summed E-state index contributed by atoms with van der Waals surface area (Å²) in [5.41, 5.74) is 2.93. The van der Waals surface area contributed by atoms with Crippen LogP contribution in [0.5, 0.6) is 5.75 Å². The molecule has 0 bridgehead atoms. The lowest BCUT2D eigenvalue weighted by molar-refractivity contribution is 0.415. The summed E-state index contributed by atoms with van der Waals surface area (Å²) in [6, 6.07) is 7.43. The molecule has 1 aromatic carbocycles. The number of halogens is 1. The summed E-state index contributed by atoms with van der Waals surface area (Å²) in [5, 5.41) is 13.6. The van der Waals surface area contributed by atoms with Gasteiger partial charge in [-0.3, -0.25) is 4.68 Å². The van der Waals surface area contributed by atoms with E-state index in [0.29, 0.717) is 16.5 Å². The zero-order valence-corrected chi connectivity index (χ0v) is 11.1. The van der Waals surface area contributed by atoms with E-state index < -0.39 is 0 Å². The topological polar surface area (TPSA) is 50.8 Å². The standard InChI is InChI=1S/C13H12ClN3O/c1-8-4-13(18-3)10(6-11(8)14)12-5-9(7-15)16-17(12)2/h4-6H,1-3H3. The van der Waals surface area contributed by atoms with Gasteiger partial charge in [-0.1, -0.05) is 11.6 Å². The van der Waals surface area contributed by atoms with Gasteiger partial charge in [-0.05, 0) is 24.6 Å². The molecule has 1 heterocycles. The average Bonchev–Trinajstić information content (AvgIpc) is 2.73. The van der Waals surface area contributed by atoms with E-state index in [4.69, 9.17) is 21.6 Å². The third kappa shape index (κ3) is 2.05. The van der Waals surface area contributed by atoms with Crippen LogP contribution in [0.15, 0.2) is 18.2 Å². The van der Waals surface area contributed by atoms with Crippen molar-refractivity contribution in [3.05, 3.63) is 34.5 Å². The first-order chi connectivity index (χ1) is 8.56. The van der Waals surface area contributed by atoms with Gasteiger partial charge in [0.25, 0.3) is 0 Å². The van der Waals surface area contributed by atoms with Crippen LogP contribution in [0, 0.1) is 18.3 Å². The van der Waals surface area contributed by atoms with E-state index in [0.717, 1.165) is 16.8 Å². The number of aromatic nitrogens is 2. The number of hydrogen-bond donors (Lipinski definition) is 0. The minimum Gasteiger partial charge on any atom is -0.496 e. The molecule has 0 fully saturated rings. The zero-order chi connectivity index (χ0) is 13.3. The lowest BCUT2D eigenvalue weighted by Crippen LogP contribution is -1.97. The molecule has 0 saturated carbocycles. The molecule has 0 unspecified atom stereocenters. The molecule has 0 N–H and O–H groups in total. The highest BCUT2D eigenvalue weighted by Gasteiger charge is 2.14. The Kier molecular flexibility index (Phi) is 3.26. The van der Waals surface area contributed by atoms with Crippen molar-refractivity contribution in [3.8, 4) is 23.1 Å². The van der Waals surface area contributed by atoms with Crippen molar-refractivity contribution in [2.75, 3.05) is 7.11 Å². The summed E-state index contributed by atoms with van der Waals surface area (Å²) in [7, 11) is 3.39. The van der Waals surface area contributed by atoms with Crippen molar-refractivity contribution >= 4 is 11.6 Å². The molecule has 0 radical (unpaired) electrons. The number of nitriles is 1. The lowest BCUT2D eigenvalue weighted by atomic mass is 10.1. The van der Waals surface area contributed by atoms with Gasteiger partial charge in [0.2, 0.25) is 0 Å². The van der Waals surface area contributed by atoms with E-state index >= 15 is 0 Å². The Morgan fingerprint density at radius 1 is 1.39 bits per heavy atom. The Morgan fingerprint density at radius 3 is 2.67 bits per heavy atom. The highest BCUT2D eigenvalue weighted by Crippen LogP contribution is 2.34. The van der Waals surface area contributed by atoms with Crippen LogP contribution in [0.25, 0.3) is 11.3 Å². The molecular formula is C13H12ClN3O. The van der Waals surface area contributed by atoms with Gasteiger partial charge >= 0.3 is 0 Å². The molecule has 2 aromatic rings. The fourth-order valence-corrected chi connectivity index (χ4v) is 1.96. The van der Waals surface area contributed by atoms with Crippen LogP contribution < -0.4 is 4.74 Å². The summed E-state index contributed by atoms with van der Waals surface area (Å²) in [6.07, 6.45) is 0. The maximum Gasteiger partial charge on any atom is 0.163 e. The van der Waals surface area contributed by atoms with Crippen molar-refractivity contribution in [2.24, 2.45) is 7.05 Å². The summed E-state index contributed by atoms with van der Waals surface area (Å²) in [5.74, 6) is 0.712. The molecule has 5 heteroatoms. The normalized spacial score (nSPS) is 10.2. The second-order valence-corrected chi connectivity index (χ2v) is 4.36. The average molecular weight is 262 g/mol. The van der Waals surface area contributed by atoms with E-state index in [1.54, 1.807) is 24.9 Å².